The maximum atomic E-state index is 13.1. The first-order chi connectivity index (χ1) is 13.7. The second-order valence-electron chi connectivity index (χ2n) is 6.60. The van der Waals surface area contributed by atoms with Crippen molar-refractivity contribution in [2.45, 2.75) is 17.1 Å². The van der Waals surface area contributed by atoms with Crippen LogP contribution in [-0.2, 0) is 12.2 Å². The standard InChI is InChI=1S/C23H20FNO2S/c1-27-22-11-6-17(14-18(22)15-28-20-9-7-19(24)8-10-20)23(26)25-13-12-16-4-2-3-5-21(16)25/h2-11,14H,12-13,15H2,1H3. The average Bonchev–Trinajstić information content (AvgIpc) is 3.17. The van der Waals surface area contributed by atoms with Gasteiger partial charge in [-0.25, -0.2) is 4.39 Å². The van der Waals surface area contributed by atoms with Gasteiger partial charge in [-0.2, -0.15) is 0 Å². The maximum absolute atomic E-state index is 13.1. The van der Waals surface area contributed by atoms with E-state index in [9.17, 15) is 9.18 Å². The summed E-state index contributed by atoms with van der Waals surface area (Å²) in [7, 11) is 1.62. The number of hydrogen-bond donors (Lipinski definition) is 0. The minimum absolute atomic E-state index is 0.000588. The van der Waals surface area contributed by atoms with Crippen LogP contribution in [0.2, 0.25) is 0 Å². The minimum Gasteiger partial charge on any atom is -0.496 e. The molecule has 0 spiro atoms. The van der Waals surface area contributed by atoms with Crippen molar-refractivity contribution < 1.29 is 13.9 Å². The Balaban J connectivity index is 1.56. The summed E-state index contributed by atoms with van der Waals surface area (Å²) in [4.78, 5) is 15.9. The number of ether oxygens (including phenoxy) is 1. The molecular weight excluding hydrogens is 373 g/mol. The molecule has 1 amide bonds. The van der Waals surface area contributed by atoms with Gasteiger partial charge in [0.25, 0.3) is 5.91 Å². The number of halogens is 1. The van der Waals surface area contributed by atoms with E-state index in [2.05, 4.69) is 6.07 Å². The number of carbonyl (C=O) groups is 1. The van der Waals surface area contributed by atoms with E-state index in [-0.39, 0.29) is 11.7 Å². The molecule has 0 fully saturated rings. The second-order valence-corrected chi connectivity index (χ2v) is 7.65. The fourth-order valence-corrected chi connectivity index (χ4v) is 4.30. The highest BCUT2D eigenvalue weighted by atomic mass is 32.2. The molecule has 0 N–H and O–H groups in total. The van der Waals surface area contributed by atoms with Crippen molar-refractivity contribution in [2.24, 2.45) is 0 Å². The van der Waals surface area contributed by atoms with Gasteiger partial charge >= 0.3 is 0 Å². The van der Waals surface area contributed by atoms with Crippen LogP contribution in [0.15, 0.2) is 71.6 Å². The SMILES string of the molecule is COc1ccc(C(=O)N2CCc3ccccc32)cc1CSc1ccc(F)cc1. The van der Waals surface area contributed by atoms with Gasteiger partial charge in [-0.3, -0.25) is 4.79 Å². The molecule has 0 saturated heterocycles. The molecule has 1 aliphatic rings. The lowest BCUT2D eigenvalue weighted by molar-refractivity contribution is 0.0989. The average molecular weight is 393 g/mol. The molecule has 4 rings (SSSR count). The molecule has 0 bridgehead atoms. The van der Waals surface area contributed by atoms with Crippen molar-refractivity contribution in [1.82, 2.24) is 0 Å². The molecule has 28 heavy (non-hydrogen) atoms. The zero-order chi connectivity index (χ0) is 19.5. The van der Waals surface area contributed by atoms with Crippen molar-refractivity contribution in [2.75, 3.05) is 18.6 Å². The monoisotopic (exact) mass is 393 g/mol. The number of thioether (sulfide) groups is 1. The summed E-state index contributed by atoms with van der Waals surface area (Å²) in [6.07, 6.45) is 0.880. The second kappa shape index (κ2) is 8.07. The number of benzene rings is 3. The third kappa shape index (κ3) is 3.76. The smallest absolute Gasteiger partial charge is 0.258 e. The lowest BCUT2D eigenvalue weighted by Crippen LogP contribution is -2.28. The molecule has 0 unspecified atom stereocenters. The zero-order valence-corrected chi connectivity index (χ0v) is 16.3. The summed E-state index contributed by atoms with van der Waals surface area (Å²) in [6.45, 7) is 0.698. The molecule has 0 radical (unpaired) electrons. The van der Waals surface area contributed by atoms with Crippen LogP contribution >= 0.6 is 11.8 Å². The molecule has 0 aromatic heterocycles. The predicted octanol–water partition coefficient (Wildman–Crippen LogP) is 5.33. The lowest BCUT2D eigenvalue weighted by atomic mass is 10.1. The molecule has 0 saturated carbocycles. The number of anilines is 1. The highest BCUT2D eigenvalue weighted by Gasteiger charge is 2.25. The zero-order valence-electron chi connectivity index (χ0n) is 15.5. The van der Waals surface area contributed by atoms with Crippen molar-refractivity contribution in [3.8, 4) is 5.75 Å². The van der Waals surface area contributed by atoms with Gasteiger partial charge in [0.05, 0.1) is 7.11 Å². The Hall–Kier alpha value is -2.79. The lowest BCUT2D eigenvalue weighted by Gasteiger charge is -2.18. The number of carbonyl (C=O) groups excluding carboxylic acids is 1. The van der Waals surface area contributed by atoms with E-state index in [1.807, 2.05) is 41.3 Å². The largest absolute Gasteiger partial charge is 0.496 e. The number of para-hydroxylation sites is 1. The summed E-state index contributed by atoms with van der Waals surface area (Å²) in [5.74, 6) is 1.13. The highest BCUT2D eigenvalue weighted by molar-refractivity contribution is 7.98. The molecule has 3 nitrogen and oxygen atoms in total. The third-order valence-electron chi connectivity index (χ3n) is 4.87. The quantitative estimate of drug-likeness (QED) is 0.549. The minimum atomic E-state index is -0.250. The first-order valence-corrected chi connectivity index (χ1v) is 10.1. The molecule has 5 heteroatoms. The maximum Gasteiger partial charge on any atom is 0.258 e. The van der Waals surface area contributed by atoms with Gasteiger partial charge < -0.3 is 9.64 Å². The van der Waals surface area contributed by atoms with Crippen molar-refractivity contribution in [3.05, 3.63) is 89.2 Å². The number of methoxy groups -OCH3 is 1. The van der Waals surface area contributed by atoms with Crippen LogP contribution in [0, 0.1) is 5.82 Å². The van der Waals surface area contributed by atoms with E-state index < -0.39 is 0 Å². The van der Waals surface area contributed by atoms with Gasteiger partial charge in [0, 0.05) is 34.0 Å². The normalized spacial score (nSPS) is 12.7. The van der Waals surface area contributed by atoms with Crippen LogP contribution in [0.25, 0.3) is 0 Å². The first-order valence-electron chi connectivity index (χ1n) is 9.11. The van der Waals surface area contributed by atoms with E-state index in [4.69, 9.17) is 4.74 Å². The Morgan fingerprint density at radius 2 is 1.89 bits per heavy atom. The number of nitrogens with zero attached hydrogens (tertiary/aromatic N) is 1. The van der Waals surface area contributed by atoms with Gasteiger partial charge in [0.2, 0.25) is 0 Å². The van der Waals surface area contributed by atoms with Gasteiger partial charge in [-0.1, -0.05) is 18.2 Å². The number of amides is 1. The van der Waals surface area contributed by atoms with Crippen molar-refractivity contribution in [3.63, 3.8) is 0 Å². The summed E-state index contributed by atoms with van der Waals surface area (Å²) >= 11 is 1.58. The van der Waals surface area contributed by atoms with Crippen LogP contribution in [-0.4, -0.2) is 19.6 Å². The molecule has 1 aliphatic heterocycles. The fourth-order valence-electron chi connectivity index (χ4n) is 3.42. The van der Waals surface area contributed by atoms with E-state index in [0.717, 1.165) is 28.3 Å². The Bertz CT molecular complexity index is 1000. The number of rotatable bonds is 5. The van der Waals surface area contributed by atoms with E-state index >= 15 is 0 Å². The van der Waals surface area contributed by atoms with Crippen molar-refractivity contribution >= 4 is 23.4 Å². The van der Waals surface area contributed by atoms with E-state index in [0.29, 0.717) is 17.9 Å². The first kappa shape index (κ1) is 18.6. The molecule has 1 heterocycles. The van der Waals surface area contributed by atoms with Gasteiger partial charge in [0.1, 0.15) is 11.6 Å². The van der Waals surface area contributed by atoms with Gasteiger partial charge in [0.15, 0.2) is 0 Å². The van der Waals surface area contributed by atoms with Crippen LogP contribution in [0.3, 0.4) is 0 Å². The molecule has 0 aliphatic carbocycles. The summed E-state index contributed by atoms with van der Waals surface area (Å²) in [5, 5.41) is 0. The van der Waals surface area contributed by atoms with E-state index in [1.165, 1.54) is 17.7 Å². The molecule has 142 valence electrons. The van der Waals surface area contributed by atoms with E-state index in [1.54, 1.807) is 31.0 Å². The Labute approximate surface area is 168 Å². The van der Waals surface area contributed by atoms with Gasteiger partial charge in [-0.05, 0) is 60.5 Å². The number of fused-ring (bicyclic) bond motifs is 1. The number of hydrogen-bond acceptors (Lipinski definition) is 3. The Kier molecular flexibility index (Phi) is 5.35. The van der Waals surface area contributed by atoms with Crippen LogP contribution in [0.4, 0.5) is 10.1 Å². The predicted molar refractivity (Wildman–Crippen MR) is 111 cm³/mol. The molecule has 0 atom stereocenters. The van der Waals surface area contributed by atoms with Crippen LogP contribution in [0.1, 0.15) is 21.5 Å². The summed E-state index contributed by atoms with van der Waals surface area (Å²) < 4.78 is 18.6. The topological polar surface area (TPSA) is 29.5 Å². The summed E-state index contributed by atoms with van der Waals surface area (Å²) in [6, 6.07) is 20.0. The summed E-state index contributed by atoms with van der Waals surface area (Å²) in [5.41, 5.74) is 3.78. The molecule has 3 aromatic carbocycles. The van der Waals surface area contributed by atoms with Crippen LogP contribution in [0.5, 0.6) is 5.75 Å². The molecular formula is C23H20FNO2S. The fraction of sp³-hybridized carbons (Fsp3) is 0.174. The molecule has 3 aromatic rings. The third-order valence-corrected chi connectivity index (χ3v) is 5.93. The highest BCUT2D eigenvalue weighted by Crippen LogP contribution is 2.32. The van der Waals surface area contributed by atoms with Gasteiger partial charge in [-0.15, -0.1) is 11.8 Å². The Morgan fingerprint density at radius 3 is 2.68 bits per heavy atom. The Morgan fingerprint density at radius 1 is 1.11 bits per heavy atom. The van der Waals surface area contributed by atoms with Crippen molar-refractivity contribution in [1.29, 1.82) is 0 Å². The van der Waals surface area contributed by atoms with Crippen LogP contribution < -0.4 is 9.64 Å².